The van der Waals surface area contributed by atoms with Gasteiger partial charge in [0.1, 0.15) is 0 Å². The van der Waals surface area contributed by atoms with Gasteiger partial charge in [-0.2, -0.15) is 0 Å². The lowest BCUT2D eigenvalue weighted by Gasteiger charge is -2.02. The highest BCUT2D eigenvalue weighted by Crippen LogP contribution is 2.22. The maximum absolute atomic E-state index is 10.3. The smallest absolute Gasteiger partial charge is 0.271 e. The maximum Gasteiger partial charge on any atom is 0.271 e. The minimum atomic E-state index is -0.514. The van der Waals surface area contributed by atoms with Gasteiger partial charge in [-0.3, -0.25) is 16.0 Å². The molecule has 0 aliphatic rings. The number of nitro benzene ring substituents is 1. The van der Waals surface area contributed by atoms with Crippen LogP contribution in [0, 0.1) is 10.1 Å². The fraction of sp³-hybridized carbons (Fsp3) is 0. The molecule has 1 aromatic rings. The van der Waals surface area contributed by atoms with Crippen molar-refractivity contribution in [2.75, 3.05) is 11.2 Å². The molecule has 6 heteroatoms. The van der Waals surface area contributed by atoms with E-state index in [-0.39, 0.29) is 5.69 Å². The van der Waals surface area contributed by atoms with Crippen molar-refractivity contribution < 1.29 is 4.92 Å². The van der Waals surface area contributed by atoms with E-state index < -0.39 is 4.92 Å². The van der Waals surface area contributed by atoms with Gasteiger partial charge in [0, 0.05) is 12.1 Å². The molecular formula is C6H8N4O2. The van der Waals surface area contributed by atoms with Gasteiger partial charge in [-0.1, -0.05) is 0 Å². The van der Waals surface area contributed by atoms with E-state index in [0.29, 0.717) is 11.4 Å². The molecule has 1 aromatic carbocycles. The first-order valence-electron chi connectivity index (χ1n) is 3.15. The van der Waals surface area contributed by atoms with Crippen LogP contribution in [0.5, 0.6) is 0 Å². The van der Waals surface area contributed by atoms with Crippen molar-refractivity contribution in [2.24, 2.45) is 5.84 Å². The molecule has 0 bridgehead atoms. The highest BCUT2D eigenvalue weighted by atomic mass is 16.6. The average Bonchev–Trinajstić information content (AvgIpc) is 2.05. The molecular weight excluding hydrogens is 160 g/mol. The summed E-state index contributed by atoms with van der Waals surface area (Å²) in [5.41, 5.74) is 8.38. The van der Waals surface area contributed by atoms with E-state index in [9.17, 15) is 10.1 Å². The second-order valence-electron chi connectivity index (χ2n) is 2.17. The topological polar surface area (TPSA) is 107 Å². The number of nitrogens with one attached hydrogen (secondary N) is 1. The molecule has 12 heavy (non-hydrogen) atoms. The number of benzene rings is 1. The number of hydrogen-bond donors (Lipinski definition) is 3. The molecule has 0 aliphatic heterocycles. The first-order valence-corrected chi connectivity index (χ1v) is 3.15. The van der Waals surface area contributed by atoms with Crippen molar-refractivity contribution in [1.29, 1.82) is 0 Å². The number of rotatable bonds is 2. The Bertz CT molecular complexity index is 312. The van der Waals surface area contributed by atoms with Crippen LogP contribution in [0.4, 0.5) is 17.1 Å². The van der Waals surface area contributed by atoms with Gasteiger partial charge in [0.05, 0.1) is 16.3 Å². The lowest BCUT2D eigenvalue weighted by Crippen LogP contribution is -2.09. The zero-order chi connectivity index (χ0) is 9.14. The molecule has 0 radical (unpaired) electrons. The van der Waals surface area contributed by atoms with Gasteiger partial charge in [0.2, 0.25) is 0 Å². The van der Waals surface area contributed by atoms with Crippen molar-refractivity contribution in [1.82, 2.24) is 0 Å². The lowest BCUT2D eigenvalue weighted by molar-refractivity contribution is -0.384. The molecule has 5 N–H and O–H groups in total. The Morgan fingerprint density at radius 1 is 1.50 bits per heavy atom. The summed E-state index contributed by atoms with van der Waals surface area (Å²) in [5, 5.41) is 10.3. The average molecular weight is 168 g/mol. The van der Waals surface area contributed by atoms with Crippen LogP contribution >= 0.6 is 0 Å². The molecule has 1 rings (SSSR count). The summed E-state index contributed by atoms with van der Waals surface area (Å²) in [5.74, 6) is 5.07. The predicted molar refractivity (Wildman–Crippen MR) is 45.3 cm³/mol. The van der Waals surface area contributed by atoms with Crippen LogP contribution in [0.3, 0.4) is 0 Å². The second-order valence-corrected chi connectivity index (χ2v) is 2.17. The van der Waals surface area contributed by atoms with Crippen molar-refractivity contribution in [3.05, 3.63) is 28.3 Å². The summed E-state index contributed by atoms with van der Waals surface area (Å²) in [6.45, 7) is 0. The quantitative estimate of drug-likeness (QED) is 0.257. The normalized spacial score (nSPS) is 9.42. The summed E-state index contributed by atoms with van der Waals surface area (Å²) in [4.78, 5) is 9.76. The minimum Gasteiger partial charge on any atom is -0.397 e. The maximum atomic E-state index is 10.3. The summed E-state index contributed by atoms with van der Waals surface area (Å²) in [7, 11) is 0. The van der Waals surface area contributed by atoms with Gasteiger partial charge in [-0.05, 0) is 6.07 Å². The van der Waals surface area contributed by atoms with Crippen LogP contribution < -0.4 is 17.0 Å². The minimum absolute atomic E-state index is 0.0443. The third-order valence-corrected chi connectivity index (χ3v) is 1.40. The zero-order valence-electron chi connectivity index (χ0n) is 6.15. The van der Waals surface area contributed by atoms with E-state index in [1.54, 1.807) is 0 Å². The van der Waals surface area contributed by atoms with E-state index in [4.69, 9.17) is 11.6 Å². The van der Waals surface area contributed by atoms with Crippen molar-refractivity contribution in [3.63, 3.8) is 0 Å². The third kappa shape index (κ3) is 1.43. The van der Waals surface area contributed by atoms with Gasteiger partial charge < -0.3 is 11.2 Å². The number of hydrogen-bond acceptors (Lipinski definition) is 5. The summed E-state index contributed by atoms with van der Waals surface area (Å²) in [6.07, 6.45) is 0. The summed E-state index contributed by atoms with van der Waals surface area (Å²) in [6, 6.07) is 4.01. The Morgan fingerprint density at radius 2 is 2.17 bits per heavy atom. The molecule has 0 heterocycles. The van der Waals surface area contributed by atoms with Gasteiger partial charge in [-0.15, -0.1) is 0 Å². The zero-order valence-corrected chi connectivity index (χ0v) is 6.15. The fourth-order valence-electron chi connectivity index (χ4n) is 0.783. The molecule has 0 saturated carbocycles. The van der Waals surface area contributed by atoms with Gasteiger partial charge in [-0.25, -0.2) is 0 Å². The highest BCUT2D eigenvalue weighted by Gasteiger charge is 2.07. The van der Waals surface area contributed by atoms with Crippen LogP contribution in [-0.4, -0.2) is 4.92 Å². The van der Waals surface area contributed by atoms with Gasteiger partial charge in [0.15, 0.2) is 0 Å². The molecule has 0 saturated heterocycles. The molecule has 0 fully saturated rings. The Hall–Kier alpha value is -1.82. The molecule has 0 spiro atoms. The first kappa shape index (κ1) is 8.28. The lowest BCUT2D eigenvalue weighted by atomic mass is 10.2. The molecule has 0 unspecified atom stereocenters. The Kier molecular flexibility index (Phi) is 2.11. The van der Waals surface area contributed by atoms with Crippen LogP contribution in [-0.2, 0) is 0 Å². The van der Waals surface area contributed by atoms with E-state index >= 15 is 0 Å². The predicted octanol–water partition coefficient (Wildman–Crippen LogP) is 0.463. The first-order chi connectivity index (χ1) is 5.65. The summed E-state index contributed by atoms with van der Waals surface area (Å²) < 4.78 is 0. The molecule has 0 aromatic heterocycles. The number of non-ortho nitro benzene ring substituents is 1. The van der Waals surface area contributed by atoms with Gasteiger partial charge in [0.25, 0.3) is 5.69 Å². The SMILES string of the molecule is NNc1cc([N+](=O)[O-])ccc1N. The fourth-order valence-corrected chi connectivity index (χ4v) is 0.783. The highest BCUT2D eigenvalue weighted by molar-refractivity contribution is 5.68. The number of nitrogens with two attached hydrogens (primary N) is 2. The van der Waals surface area contributed by atoms with E-state index in [1.165, 1.54) is 18.2 Å². The largest absolute Gasteiger partial charge is 0.397 e. The number of nitrogen functional groups attached to an aromatic ring is 2. The van der Waals surface area contributed by atoms with Crippen LogP contribution in [0.1, 0.15) is 0 Å². The van der Waals surface area contributed by atoms with E-state index in [2.05, 4.69) is 5.43 Å². The number of nitrogens with zero attached hydrogens (tertiary/aromatic N) is 1. The van der Waals surface area contributed by atoms with Gasteiger partial charge >= 0.3 is 0 Å². The Balaban J connectivity index is 3.13. The van der Waals surface area contributed by atoms with Crippen molar-refractivity contribution in [3.8, 4) is 0 Å². The molecule has 0 amide bonds. The number of nitro groups is 1. The second kappa shape index (κ2) is 3.05. The third-order valence-electron chi connectivity index (χ3n) is 1.40. The molecule has 0 atom stereocenters. The standard InChI is InChI=1S/C6H8N4O2/c7-5-2-1-4(10(11)12)3-6(5)9-8/h1-3,9H,7-8H2. The van der Waals surface area contributed by atoms with E-state index in [0.717, 1.165) is 0 Å². The van der Waals surface area contributed by atoms with E-state index in [1.807, 2.05) is 0 Å². The Morgan fingerprint density at radius 3 is 2.67 bits per heavy atom. The molecule has 0 aliphatic carbocycles. The number of anilines is 2. The van der Waals surface area contributed by atoms with Crippen molar-refractivity contribution in [2.45, 2.75) is 0 Å². The monoisotopic (exact) mass is 168 g/mol. The van der Waals surface area contributed by atoms with Crippen LogP contribution in [0.25, 0.3) is 0 Å². The Labute approximate surface area is 68.3 Å². The summed E-state index contributed by atoms with van der Waals surface area (Å²) >= 11 is 0. The van der Waals surface area contributed by atoms with Crippen LogP contribution in [0.2, 0.25) is 0 Å². The van der Waals surface area contributed by atoms with Crippen LogP contribution in [0.15, 0.2) is 18.2 Å². The number of hydrazine groups is 1. The molecule has 64 valence electrons. The molecule has 6 nitrogen and oxygen atoms in total. The van der Waals surface area contributed by atoms with Crippen molar-refractivity contribution >= 4 is 17.1 Å².